The van der Waals surface area contributed by atoms with E-state index in [4.69, 9.17) is 27.9 Å². The number of hydrazone groups is 1. The lowest BCUT2D eigenvalue weighted by atomic mass is 10.1. The first-order valence-corrected chi connectivity index (χ1v) is 9.10. The summed E-state index contributed by atoms with van der Waals surface area (Å²) in [6.45, 7) is 1.95. The van der Waals surface area contributed by atoms with Gasteiger partial charge in [-0.05, 0) is 31.2 Å². The maximum atomic E-state index is 12.9. The number of para-hydroxylation sites is 1. The lowest BCUT2D eigenvalue weighted by Gasteiger charge is -2.23. The standard InChI is InChI=1S/C19H17Cl2N3O3/c1-2-27-19(26)15-11-16(24(23-15)12-7-4-3-5-8-12)18(25)22-14-10-6-9-13(20)17(14)21/h3-10,16H,2,11H2,1H3,(H,22,25). The Balaban J connectivity index is 1.87. The highest BCUT2D eigenvalue weighted by molar-refractivity contribution is 6.44. The number of nitrogens with one attached hydrogen (secondary N) is 1. The molecule has 140 valence electrons. The van der Waals surface area contributed by atoms with Crippen LogP contribution in [0.2, 0.25) is 10.0 Å². The van der Waals surface area contributed by atoms with Crippen molar-refractivity contribution in [3.63, 3.8) is 0 Å². The van der Waals surface area contributed by atoms with E-state index in [9.17, 15) is 9.59 Å². The zero-order chi connectivity index (χ0) is 19.4. The summed E-state index contributed by atoms with van der Waals surface area (Å²) in [5.41, 5.74) is 1.28. The zero-order valence-electron chi connectivity index (χ0n) is 14.5. The number of hydrogen-bond acceptors (Lipinski definition) is 5. The van der Waals surface area contributed by atoms with Crippen molar-refractivity contribution in [2.45, 2.75) is 19.4 Å². The number of carbonyl (C=O) groups is 2. The molecule has 0 aromatic heterocycles. The monoisotopic (exact) mass is 405 g/mol. The fourth-order valence-corrected chi connectivity index (χ4v) is 3.04. The Morgan fingerprint density at radius 3 is 2.63 bits per heavy atom. The van der Waals surface area contributed by atoms with E-state index in [1.165, 1.54) is 5.01 Å². The topological polar surface area (TPSA) is 71.0 Å². The minimum absolute atomic E-state index is 0.123. The Hall–Kier alpha value is -2.57. The second-order valence-corrected chi connectivity index (χ2v) is 6.54. The first-order valence-electron chi connectivity index (χ1n) is 8.35. The van der Waals surface area contributed by atoms with Crippen molar-refractivity contribution < 1.29 is 14.3 Å². The van der Waals surface area contributed by atoms with Gasteiger partial charge in [0.15, 0.2) is 0 Å². The fourth-order valence-electron chi connectivity index (χ4n) is 2.69. The lowest BCUT2D eigenvalue weighted by Crippen LogP contribution is -2.38. The summed E-state index contributed by atoms with van der Waals surface area (Å²) < 4.78 is 5.02. The molecule has 0 fully saturated rings. The van der Waals surface area contributed by atoms with Crippen molar-refractivity contribution in [1.29, 1.82) is 0 Å². The molecule has 0 radical (unpaired) electrons. The third-order valence-electron chi connectivity index (χ3n) is 3.95. The quantitative estimate of drug-likeness (QED) is 0.759. The van der Waals surface area contributed by atoms with E-state index >= 15 is 0 Å². The van der Waals surface area contributed by atoms with E-state index in [2.05, 4.69) is 10.4 Å². The minimum atomic E-state index is -0.721. The number of esters is 1. The molecule has 1 heterocycles. The van der Waals surface area contributed by atoms with E-state index < -0.39 is 12.0 Å². The first-order chi connectivity index (χ1) is 13.0. The number of rotatable bonds is 5. The number of ether oxygens (including phenoxy) is 1. The van der Waals surface area contributed by atoms with Gasteiger partial charge >= 0.3 is 5.97 Å². The summed E-state index contributed by atoms with van der Waals surface area (Å²) in [4.78, 5) is 25.0. The predicted molar refractivity (Wildman–Crippen MR) is 106 cm³/mol. The van der Waals surface area contributed by atoms with Crippen LogP contribution in [-0.4, -0.2) is 30.2 Å². The van der Waals surface area contributed by atoms with Crippen molar-refractivity contribution in [1.82, 2.24) is 0 Å². The van der Waals surface area contributed by atoms with Crippen LogP contribution in [0.25, 0.3) is 0 Å². The van der Waals surface area contributed by atoms with Crippen molar-refractivity contribution >= 4 is 52.2 Å². The Bertz CT molecular complexity index is 887. The highest BCUT2D eigenvalue weighted by Crippen LogP contribution is 2.31. The molecular weight excluding hydrogens is 389 g/mol. The van der Waals surface area contributed by atoms with Crippen LogP contribution < -0.4 is 10.3 Å². The average Bonchev–Trinajstić information content (AvgIpc) is 3.12. The molecule has 1 N–H and O–H groups in total. The molecule has 2 aromatic rings. The molecule has 1 unspecified atom stereocenters. The van der Waals surface area contributed by atoms with Crippen molar-refractivity contribution in [3.05, 3.63) is 58.6 Å². The van der Waals surface area contributed by atoms with Gasteiger partial charge in [-0.25, -0.2) is 4.79 Å². The van der Waals surface area contributed by atoms with Gasteiger partial charge in [0.1, 0.15) is 11.8 Å². The number of carbonyl (C=O) groups excluding carboxylic acids is 2. The van der Waals surface area contributed by atoms with Crippen LogP contribution >= 0.6 is 23.2 Å². The van der Waals surface area contributed by atoms with Gasteiger partial charge in [-0.1, -0.05) is 47.5 Å². The minimum Gasteiger partial charge on any atom is -0.461 e. The maximum Gasteiger partial charge on any atom is 0.354 e. The van der Waals surface area contributed by atoms with E-state index in [0.717, 1.165) is 0 Å². The van der Waals surface area contributed by atoms with Crippen LogP contribution in [0, 0.1) is 0 Å². The highest BCUT2D eigenvalue weighted by Gasteiger charge is 2.37. The van der Waals surface area contributed by atoms with Crippen molar-refractivity contribution in [3.8, 4) is 0 Å². The molecule has 6 nitrogen and oxygen atoms in total. The van der Waals surface area contributed by atoms with Crippen LogP contribution in [0.5, 0.6) is 0 Å². The third kappa shape index (κ3) is 4.23. The summed E-state index contributed by atoms with van der Waals surface area (Å²) in [5, 5.41) is 9.18. The Labute approximate surface area is 166 Å². The Kier molecular flexibility index (Phi) is 5.98. The van der Waals surface area contributed by atoms with Crippen LogP contribution in [0.4, 0.5) is 11.4 Å². The molecule has 0 saturated heterocycles. The fraction of sp³-hybridized carbons (Fsp3) is 0.211. The van der Waals surface area contributed by atoms with Gasteiger partial charge in [-0.2, -0.15) is 5.10 Å². The molecule has 27 heavy (non-hydrogen) atoms. The number of anilines is 2. The lowest BCUT2D eigenvalue weighted by molar-refractivity contribution is -0.135. The summed E-state index contributed by atoms with van der Waals surface area (Å²) in [7, 11) is 0. The summed E-state index contributed by atoms with van der Waals surface area (Å²) in [6, 6.07) is 13.4. The molecule has 0 saturated carbocycles. The zero-order valence-corrected chi connectivity index (χ0v) is 16.0. The smallest absolute Gasteiger partial charge is 0.354 e. The molecular formula is C19H17Cl2N3O3. The van der Waals surface area contributed by atoms with Gasteiger partial charge < -0.3 is 10.1 Å². The molecule has 8 heteroatoms. The number of nitrogens with zero attached hydrogens (tertiary/aromatic N) is 2. The second-order valence-electron chi connectivity index (χ2n) is 5.76. The van der Waals surface area contributed by atoms with Crippen molar-refractivity contribution in [2.24, 2.45) is 5.10 Å². The molecule has 1 aliphatic heterocycles. The van der Waals surface area contributed by atoms with Crippen molar-refractivity contribution in [2.75, 3.05) is 16.9 Å². The molecule has 1 atom stereocenters. The molecule has 0 aliphatic carbocycles. The van der Waals surface area contributed by atoms with Gasteiger partial charge in [0.25, 0.3) is 0 Å². The molecule has 1 amide bonds. The number of halogens is 2. The van der Waals surface area contributed by atoms with Crippen LogP contribution in [0.15, 0.2) is 53.6 Å². The predicted octanol–water partition coefficient (Wildman–Crippen LogP) is 4.13. The Morgan fingerprint density at radius 2 is 1.93 bits per heavy atom. The third-order valence-corrected chi connectivity index (χ3v) is 4.77. The number of amides is 1. The molecule has 3 rings (SSSR count). The van der Waals surface area contributed by atoms with Gasteiger partial charge in [-0.15, -0.1) is 0 Å². The highest BCUT2D eigenvalue weighted by atomic mass is 35.5. The Morgan fingerprint density at radius 1 is 1.19 bits per heavy atom. The molecule has 0 spiro atoms. The second kappa shape index (κ2) is 8.41. The van der Waals surface area contributed by atoms with Gasteiger partial charge in [-0.3, -0.25) is 9.80 Å². The van der Waals surface area contributed by atoms with E-state index in [-0.39, 0.29) is 29.7 Å². The number of benzene rings is 2. The normalized spacial score (nSPS) is 16.0. The summed E-state index contributed by atoms with van der Waals surface area (Å²) in [6.07, 6.45) is 0.123. The first kappa shape index (κ1) is 19.2. The number of hydrogen-bond donors (Lipinski definition) is 1. The van der Waals surface area contributed by atoms with Crippen LogP contribution in [0.1, 0.15) is 13.3 Å². The van der Waals surface area contributed by atoms with E-state index in [1.807, 2.05) is 30.3 Å². The average molecular weight is 406 g/mol. The summed E-state index contributed by atoms with van der Waals surface area (Å²) >= 11 is 12.2. The molecule has 0 bridgehead atoms. The van der Waals surface area contributed by atoms with Gasteiger partial charge in [0, 0.05) is 6.42 Å². The SMILES string of the molecule is CCOC(=O)C1=NN(c2ccccc2)C(C(=O)Nc2cccc(Cl)c2Cl)C1. The van der Waals surface area contributed by atoms with E-state index in [0.29, 0.717) is 16.4 Å². The maximum absolute atomic E-state index is 12.9. The van der Waals surface area contributed by atoms with Gasteiger partial charge in [0.05, 0.1) is 28.0 Å². The molecule has 2 aromatic carbocycles. The van der Waals surface area contributed by atoms with Crippen LogP contribution in [-0.2, 0) is 14.3 Å². The largest absolute Gasteiger partial charge is 0.461 e. The molecule has 1 aliphatic rings. The van der Waals surface area contributed by atoms with E-state index in [1.54, 1.807) is 25.1 Å². The van der Waals surface area contributed by atoms with Crippen LogP contribution in [0.3, 0.4) is 0 Å². The summed E-state index contributed by atoms with van der Waals surface area (Å²) in [5.74, 6) is -0.888. The van der Waals surface area contributed by atoms with Gasteiger partial charge in [0.2, 0.25) is 5.91 Å².